The van der Waals surface area contributed by atoms with E-state index in [0.29, 0.717) is 23.8 Å². The SMILES string of the molecule is C=CCN(C(=O)COC(=O)C1CC2CCCC(C1)C2=O)c1nc(-c2ccccc2)cs1. The fraction of sp³-hybridized carbons (Fsp3) is 0.417. The zero-order chi connectivity index (χ0) is 21.8. The van der Waals surface area contributed by atoms with Gasteiger partial charge in [-0.15, -0.1) is 17.9 Å². The van der Waals surface area contributed by atoms with E-state index >= 15 is 0 Å². The van der Waals surface area contributed by atoms with Crippen LogP contribution in [0, 0.1) is 17.8 Å². The summed E-state index contributed by atoms with van der Waals surface area (Å²) in [6.45, 7) is 3.66. The van der Waals surface area contributed by atoms with Crippen molar-refractivity contribution in [2.45, 2.75) is 32.1 Å². The van der Waals surface area contributed by atoms with E-state index in [0.717, 1.165) is 30.5 Å². The van der Waals surface area contributed by atoms with Gasteiger partial charge in [0.2, 0.25) is 0 Å². The number of thiazole rings is 1. The minimum absolute atomic E-state index is 0.0234. The molecule has 4 rings (SSSR count). The van der Waals surface area contributed by atoms with E-state index in [1.165, 1.54) is 16.2 Å². The lowest BCUT2D eigenvalue weighted by molar-refractivity contribution is -0.156. The van der Waals surface area contributed by atoms with E-state index in [1.54, 1.807) is 6.08 Å². The number of aromatic nitrogens is 1. The average Bonchev–Trinajstić information content (AvgIpc) is 3.26. The molecule has 2 unspecified atom stereocenters. The van der Waals surface area contributed by atoms with Crippen LogP contribution >= 0.6 is 11.3 Å². The number of carbonyl (C=O) groups excluding carboxylic acids is 3. The molecule has 1 aromatic heterocycles. The number of Topliss-reactive ketones (excluding diaryl/α,β-unsaturated/α-hetero) is 1. The second kappa shape index (κ2) is 9.56. The number of hydrogen-bond donors (Lipinski definition) is 0. The Morgan fingerprint density at radius 1 is 1.19 bits per heavy atom. The van der Waals surface area contributed by atoms with Gasteiger partial charge in [-0.1, -0.05) is 42.8 Å². The molecule has 0 N–H and O–H groups in total. The third-order valence-corrected chi connectivity index (χ3v) is 6.99. The highest BCUT2D eigenvalue weighted by atomic mass is 32.1. The largest absolute Gasteiger partial charge is 0.455 e. The second-order valence-corrected chi connectivity index (χ2v) is 9.01. The lowest BCUT2D eigenvalue weighted by Gasteiger charge is -2.36. The minimum Gasteiger partial charge on any atom is -0.455 e. The van der Waals surface area contributed by atoms with Crippen molar-refractivity contribution >= 4 is 34.1 Å². The molecule has 0 radical (unpaired) electrons. The van der Waals surface area contributed by atoms with Crippen molar-refractivity contribution in [3.63, 3.8) is 0 Å². The molecule has 6 nitrogen and oxygen atoms in total. The van der Waals surface area contributed by atoms with Crippen LogP contribution in [0.15, 0.2) is 48.4 Å². The fourth-order valence-corrected chi connectivity index (χ4v) is 5.41. The zero-order valence-electron chi connectivity index (χ0n) is 17.4. The van der Waals surface area contributed by atoms with Crippen molar-refractivity contribution < 1.29 is 19.1 Å². The molecule has 1 aromatic carbocycles. The van der Waals surface area contributed by atoms with Crippen LogP contribution in [0.1, 0.15) is 32.1 Å². The lowest BCUT2D eigenvalue weighted by atomic mass is 9.67. The van der Waals surface area contributed by atoms with Gasteiger partial charge in [0.1, 0.15) is 5.78 Å². The maximum atomic E-state index is 12.8. The second-order valence-electron chi connectivity index (χ2n) is 8.18. The third-order valence-electron chi connectivity index (χ3n) is 6.12. The molecule has 2 bridgehead atoms. The first-order valence-electron chi connectivity index (χ1n) is 10.7. The van der Waals surface area contributed by atoms with Gasteiger partial charge in [-0.25, -0.2) is 4.98 Å². The van der Waals surface area contributed by atoms with Gasteiger partial charge in [-0.3, -0.25) is 19.3 Å². The van der Waals surface area contributed by atoms with Crippen LogP contribution < -0.4 is 4.90 Å². The predicted octanol–water partition coefficient (Wildman–Crippen LogP) is 4.27. The number of fused-ring (bicyclic) bond motifs is 2. The number of benzene rings is 1. The minimum atomic E-state index is -0.375. The number of hydrogen-bond acceptors (Lipinski definition) is 6. The summed E-state index contributed by atoms with van der Waals surface area (Å²) in [4.78, 5) is 43.7. The summed E-state index contributed by atoms with van der Waals surface area (Å²) in [5.74, 6) is -0.746. The molecule has 2 aliphatic carbocycles. The number of rotatable bonds is 7. The van der Waals surface area contributed by atoms with Crippen molar-refractivity contribution in [1.29, 1.82) is 0 Å². The number of nitrogens with zero attached hydrogens (tertiary/aromatic N) is 2. The van der Waals surface area contributed by atoms with Gasteiger partial charge < -0.3 is 4.74 Å². The Morgan fingerprint density at radius 3 is 2.58 bits per heavy atom. The molecule has 0 spiro atoms. The number of carbonyl (C=O) groups is 3. The number of amides is 1. The Balaban J connectivity index is 1.38. The smallest absolute Gasteiger partial charge is 0.309 e. The van der Waals surface area contributed by atoms with E-state index in [2.05, 4.69) is 11.6 Å². The molecule has 0 saturated heterocycles. The van der Waals surface area contributed by atoms with Gasteiger partial charge in [0.15, 0.2) is 11.7 Å². The highest BCUT2D eigenvalue weighted by Crippen LogP contribution is 2.40. The molecular formula is C24H26N2O4S. The van der Waals surface area contributed by atoms with Gasteiger partial charge in [0.25, 0.3) is 5.91 Å². The molecule has 31 heavy (non-hydrogen) atoms. The van der Waals surface area contributed by atoms with Crippen molar-refractivity contribution in [2.24, 2.45) is 17.8 Å². The van der Waals surface area contributed by atoms with E-state index in [1.807, 2.05) is 35.7 Å². The highest BCUT2D eigenvalue weighted by molar-refractivity contribution is 7.14. The molecule has 1 heterocycles. The molecule has 162 valence electrons. The lowest BCUT2D eigenvalue weighted by Crippen LogP contribution is -2.40. The van der Waals surface area contributed by atoms with Gasteiger partial charge in [-0.2, -0.15) is 0 Å². The van der Waals surface area contributed by atoms with Crippen LogP contribution in [0.25, 0.3) is 11.3 Å². The van der Waals surface area contributed by atoms with Gasteiger partial charge in [0.05, 0.1) is 11.6 Å². The van der Waals surface area contributed by atoms with Gasteiger partial charge in [-0.05, 0) is 25.7 Å². The average molecular weight is 439 g/mol. The molecular weight excluding hydrogens is 412 g/mol. The Hall–Kier alpha value is -2.80. The van der Waals surface area contributed by atoms with Crippen molar-refractivity contribution in [3.8, 4) is 11.3 Å². The Kier molecular flexibility index (Phi) is 6.61. The van der Waals surface area contributed by atoms with Crippen LogP contribution in [0.5, 0.6) is 0 Å². The summed E-state index contributed by atoms with van der Waals surface area (Å²) < 4.78 is 5.39. The van der Waals surface area contributed by atoms with Crippen LogP contribution in [-0.4, -0.2) is 35.8 Å². The topological polar surface area (TPSA) is 76.6 Å². The van der Waals surface area contributed by atoms with Gasteiger partial charge >= 0.3 is 5.97 Å². The summed E-state index contributed by atoms with van der Waals surface area (Å²) in [7, 11) is 0. The number of ketones is 1. The van der Waals surface area contributed by atoms with Gasteiger partial charge in [0, 0.05) is 29.3 Å². The molecule has 2 saturated carbocycles. The van der Waals surface area contributed by atoms with Crippen molar-refractivity contribution in [1.82, 2.24) is 4.98 Å². The Morgan fingerprint density at radius 2 is 1.90 bits per heavy atom. The van der Waals surface area contributed by atoms with Crippen molar-refractivity contribution in [3.05, 3.63) is 48.4 Å². The van der Waals surface area contributed by atoms with Crippen molar-refractivity contribution in [2.75, 3.05) is 18.1 Å². The van der Waals surface area contributed by atoms with E-state index in [4.69, 9.17) is 4.74 Å². The van der Waals surface area contributed by atoms with E-state index in [-0.39, 0.29) is 42.8 Å². The van der Waals surface area contributed by atoms with E-state index in [9.17, 15) is 14.4 Å². The number of ether oxygens (including phenoxy) is 1. The highest BCUT2D eigenvalue weighted by Gasteiger charge is 2.42. The third kappa shape index (κ3) is 4.77. The first-order valence-corrected chi connectivity index (χ1v) is 11.6. The summed E-state index contributed by atoms with van der Waals surface area (Å²) in [5.41, 5.74) is 1.76. The fourth-order valence-electron chi connectivity index (χ4n) is 4.55. The first kappa shape index (κ1) is 21.4. The first-order chi connectivity index (χ1) is 15.1. The maximum absolute atomic E-state index is 12.8. The number of esters is 1. The standard InChI is InChI=1S/C24H26N2O4S/c1-2-11-26(24-25-20(15-31-24)16-7-4-3-5-8-16)21(27)14-30-23(29)19-12-17-9-6-10-18(13-19)22(17)28/h2-5,7-8,15,17-19H,1,6,9-14H2. The number of anilines is 1. The Bertz CT molecular complexity index is 955. The van der Waals surface area contributed by atoms with Crippen LogP contribution in [0.2, 0.25) is 0 Å². The van der Waals surface area contributed by atoms with Crippen LogP contribution in [0.4, 0.5) is 5.13 Å². The molecule has 2 fully saturated rings. The summed E-state index contributed by atoms with van der Waals surface area (Å²) in [5, 5.41) is 2.44. The predicted molar refractivity (Wildman–Crippen MR) is 120 cm³/mol. The molecule has 2 atom stereocenters. The molecule has 1 amide bonds. The molecule has 2 aliphatic rings. The quantitative estimate of drug-likeness (QED) is 0.477. The van der Waals surface area contributed by atoms with E-state index < -0.39 is 0 Å². The van der Waals surface area contributed by atoms with Crippen LogP contribution in [-0.2, 0) is 19.1 Å². The molecule has 7 heteroatoms. The molecule has 0 aliphatic heterocycles. The summed E-state index contributed by atoms with van der Waals surface area (Å²) >= 11 is 1.36. The maximum Gasteiger partial charge on any atom is 0.309 e. The summed E-state index contributed by atoms with van der Waals surface area (Å²) in [6, 6.07) is 9.74. The summed E-state index contributed by atoms with van der Waals surface area (Å²) in [6.07, 6.45) is 5.49. The zero-order valence-corrected chi connectivity index (χ0v) is 18.2. The normalized spacial score (nSPS) is 22.6. The van der Waals surface area contributed by atoms with Crippen LogP contribution in [0.3, 0.4) is 0 Å². The Labute approximate surface area is 185 Å². The monoisotopic (exact) mass is 438 g/mol. The molecule has 2 aromatic rings.